The van der Waals surface area contributed by atoms with Crippen molar-refractivity contribution in [2.75, 3.05) is 6.54 Å². The van der Waals surface area contributed by atoms with E-state index in [0.717, 1.165) is 8.66 Å². The summed E-state index contributed by atoms with van der Waals surface area (Å²) in [6.07, 6.45) is 2.39. The van der Waals surface area contributed by atoms with Gasteiger partial charge in [0, 0.05) is 17.5 Å². The fraction of sp³-hybridized carbons (Fsp3) is 0.583. The maximum Gasteiger partial charge on any atom is 0.228 e. The number of thiophene rings is 1. The summed E-state index contributed by atoms with van der Waals surface area (Å²) < 4.78 is 1.06. The summed E-state index contributed by atoms with van der Waals surface area (Å²) in [6, 6.07) is 4.13. The van der Waals surface area contributed by atoms with Crippen LogP contribution in [-0.4, -0.2) is 18.5 Å². The third kappa shape index (κ3) is 3.95. The Labute approximate surface area is 126 Å². The summed E-state index contributed by atoms with van der Waals surface area (Å²) >= 11 is 5.02. The van der Waals surface area contributed by atoms with Gasteiger partial charge in [0.15, 0.2) is 0 Å². The number of nitrogens with one attached hydrogen (secondary N) is 1. The van der Waals surface area contributed by atoms with Crippen molar-refractivity contribution in [1.82, 2.24) is 5.32 Å². The molecule has 1 aliphatic carbocycles. The fourth-order valence-electron chi connectivity index (χ4n) is 1.87. The SMILES string of the molecule is CC(C(=O)NC(CN)C1CC1)c1ccc(Br)s1.Cl. The van der Waals surface area contributed by atoms with Gasteiger partial charge in [0.2, 0.25) is 5.91 Å². The van der Waals surface area contributed by atoms with Crippen molar-refractivity contribution in [2.24, 2.45) is 11.7 Å². The molecule has 0 radical (unpaired) electrons. The molecule has 1 fully saturated rings. The fourth-order valence-corrected chi connectivity index (χ4v) is 3.34. The smallest absolute Gasteiger partial charge is 0.228 e. The van der Waals surface area contributed by atoms with Crippen molar-refractivity contribution in [3.8, 4) is 0 Å². The van der Waals surface area contributed by atoms with Crippen LogP contribution < -0.4 is 11.1 Å². The first-order chi connectivity index (χ1) is 8.11. The van der Waals surface area contributed by atoms with Gasteiger partial charge in [0.05, 0.1) is 9.70 Å². The van der Waals surface area contributed by atoms with E-state index in [1.54, 1.807) is 11.3 Å². The van der Waals surface area contributed by atoms with Crippen LogP contribution in [0.1, 0.15) is 30.6 Å². The molecule has 1 aromatic heterocycles. The van der Waals surface area contributed by atoms with Gasteiger partial charge in [-0.05, 0) is 53.7 Å². The number of hydrogen-bond donors (Lipinski definition) is 2. The largest absolute Gasteiger partial charge is 0.351 e. The topological polar surface area (TPSA) is 55.1 Å². The average Bonchev–Trinajstić information content (AvgIpc) is 3.07. The number of halogens is 2. The second-order valence-electron chi connectivity index (χ2n) is 4.55. The lowest BCUT2D eigenvalue weighted by molar-refractivity contribution is -0.122. The predicted octanol–water partition coefficient (Wildman–Crippen LogP) is 2.89. The third-order valence-electron chi connectivity index (χ3n) is 3.19. The van der Waals surface area contributed by atoms with E-state index in [2.05, 4.69) is 21.2 Å². The molecule has 0 aliphatic heterocycles. The van der Waals surface area contributed by atoms with Gasteiger partial charge in [-0.25, -0.2) is 0 Å². The summed E-state index contributed by atoms with van der Waals surface area (Å²) in [5.41, 5.74) is 5.69. The van der Waals surface area contributed by atoms with Crippen molar-refractivity contribution in [2.45, 2.75) is 31.7 Å². The number of hydrogen-bond acceptors (Lipinski definition) is 3. The highest BCUT2D eigenvalue weighted by Crippen LogP contribution is 2.33. The number of carbonyl (C=O) groups excluding carboxylic acids is 1. The lowest BCUT2D eigenvalue weighted by atomic mass is 10.1. The maximum atomic E-state index is 12.1. The Kier molecular flexibility index (Phi) is 6.11. The Balaban J connectivity index is 0.00000162. The van der Waals surface area contributed by atoms with Gasteiger partial charge >= 0.3 is 0 Å². The molecule has 1 heterocycles. The Morgan fingerprint density at radius 2 is 2.28 bits per heavy atom. The van der Waals surface area contributed by atoms with E-state index < -0.39 is 0 Å². The molecular weight excluding hydrogens is 336 g/mol. The Hall–Kier alpha value is -0.100. The van der Waals surface area contributed by atoms with E-state index in [1.807, 2.05) is 19.1 Å². The van der Waals surface area contributed by atoms with E-state index in [1.165, 1.54) is 12.8 Å². The lowest BCUT2D eigenvalue weighted by Crippen LogP contribution is -2.43. The van der Waals surface area contributed by atoms with Crippen LogP contribution in [0, 0.1) is 5.92 Å². The molecule has 0 spiro atoms. The third-order valence-corrected chi connectivity index (χ3v) is 4.99. The molecule has 1 aliphatic rings. The van der Waals surface area contributed by atoms with Crippen LogP contribution in [-0.2, 0) is 4.79 Å². The molecule has 1 aromatic rings. The van der Waals surface area contributed by atoms with Crippen molar-refractivity contribution in [3.05, 3.63) is 20.8 Å². The van der Waals surface area contributed by atoms with Crippen LogP contribution in [0.2, 0.25) is 0 Å². The van der Waals surface area contributed by atoms with Crippen molar-refractivity contribution >= 4 is 45.6 Å². The minimum Gasteiger partial charge on any atom is -0.351 e. The van der Waals surface area contributed by atoms with E-state index in [9.17, 15) is 4.79 Å². The summed E-state index contributed by atoms with van der Waals surface area (Å²) in [5.74, 6) is 0.590. The van der Waals surface area contributed by atoms with Gasteiger partial charge in [-0.2, -0.15) is 0 Å². The first-order valence-electron chi connectivity index (χ1n) is 5.87. The van der Waals surface area contributed by atoms with Gasteiger partial charge < -0.3 is 11.1 Å². The lowest BCUT2D eigenvalue weighted by Gasteiger charge is -2.18. The molecule has 2 atom stereocenters. The van der Waals surface area contributed by atoms with Gasteiger partial charge in [0.1, 0.15) is 0 Å². The molecular formula is C12H18BrClN2OS. The van der Waals surface area contributed by atoms with Crippen molar-refractivity contribution in [3.63, 3.8) is 0 Å². The van der Waals surface area contributed by atoms with Crippen LogP contribution in [0.3, 0.4) is 0 Å². The number of amides is 1. The van der Waals surface area contributed by atoms with Gasteiger partial charge in [-0.1, -0.05) is 0 Å². The van der Waals surface area contributed by atoms with Crippen LogP contribution in [0.5, 0.6) is 0 Å². The molecule has 0 aromatic carbocycles. The minimum atomic E-state index is -0.0981. The molecule has 3 nitrogen and oxygen atoms in total. The predicted molar refractivity (Wildman–Crippen MR) is 81.4 cm³/mol. The molecule has 0 bridgehead atoms. The van der Waals surface area contributed by atoms with Crippen molar-refractivity contribution < 1.29 is 4.79 Å². The monoisotopic (exact) mass is 352 g/mol. The van der Waals surface area contributed by atoms with Gasteiger partial charge in [0.25, 0.3) is 0 Å². The maximum absolute atomic E-state index is 12.1. The summed E-state index contributed by atoms with van der Waals surface area (Å²) in [6.45, 7) is 2.48. The van der Waals surface area contributed by atoms with E-state index in [4.69, 9.17) is 5.73 Å². The zero-order valence-electron chi connectivity index (χ0n) is 10.2. The van der Waals surface area contributed by atoms with Crippen LogP contribution >= 0.6 is 39.7 Å². The Morgan fingerprint density at radius 1 is 1.61 bits per heavy atom. The average molecular weight is 354 g/mol. The molecule has 102 valence electrons. The number of carbonyl (C=O) groups is 1. The molecule has 2 unspecified atom stereocenters. The molecule has 0 saturated heterocycles. The standard InChI is InChI=1S/C12H17BrN2OS.ClH/c1-7(10-4-5-11(13)17-10)12(16)15-9(6-14)8-2-3-8;/h4-5,7-9H,2-3,6,14H2,1H3,(H,15,16);1H. The summed E-state index contributed by atoms with van der Waals surface area (Å²) in [7, 11) is 0. The van der Waals surface area contributed by atoms with Crippen LogP contribution in [0.15, 0.2) is 15.9 Å². The summed E-state index contributed by atoms with van der Waals surface area (Å²) in [4.78, 5) is 13.2. The minimum absolute atomic E-state index is 0. The molecule has 2 rings (SSSR count). The first kappa shape index (κ1) is 16.0. The number of rotatable bonds is 5. The molecule has 1 saturated carbocycles. The Bertz CT molecular complexity index is 409. The second kappa shape index (κ2) is 6.89. The highest BCUT2D eigenvalue weighted by molar-refractivity contribution is 9.11. The Morgan fingerprint density at radius 3 is 2.72 bits per heavy atom. The van der Waals surface area contributed by atoms with E-state index >= 15 is 0 Å². The summed E-state index contributed by atoms with van der Waals surface area (Å²) in [5, 5.41) is 3.06. The molecule has 18 heavy (non-hydrogen) atoms. The zero-order chi connectivity index (χ0) is 12.4. The quantitative estimate of drug-likeness (QED) is 0.855. The number of nitrogens with two attached hydrogens (primary N) is 1. The normalized spacial score (nSPS) is 17.7. The molecule has 3 N–H and O–H groups in total. The second-order valence-corrected chi connectivity index (χ2v) is 7.05. The first-order valence-corrected chi connectivity index (χ1v) is 7.48. The molecule has 1 amide bonds. The highest BCUT2D eigenvalue weighted by Gasteiger charge is 2.32. The van der Waals surface area contributed by atoms with Gasteiger partial charge in [-0.15, -0.1) is 23.7 Å². The van der Waals surface area contributed by atoms with Gasteiger partial charge in [-0.3, -0.25) is 4.79 Å². The van der Waals surface area contributed by atoms with Crippen LogP contribution in [0.25, 0.3) is 0 Å². The van der Waals surface area contributed by atoms with E-state index in [-0.39, 0.29) is 30.3 Å². The van der Waals surface area contributed by atoms with E-state index in [0.29, 0.717) is 12.5 Å². The molecule has 6 heteroatoms. The van der Waals surface area contributed by atoms with Crippen LogP contribution in [0.4, 0.5) is 0 Å². The van der Waals surface area contributed by atoms with Crippen molar-refractivity contribution in [1.29, 1.82) is 0 Å². The highest BCUT2D eigenvalue weighted by atomic mass is 79.9. The zero-order valence-corrected chi connectivity index (χ0v) is 13.4.